The van der Waals surface area contributed by atoms with Gasteiger partial charge in [0.05, 0.1) is 57.4 Å². The zero-order chi connectivity index (χ0) is 94.1. The van der Waals surface area contributed by atoms with Gasteiger partial charge in [-0.3, -0.25) is 4.90 Å². The molecule has 1 saturated heterocycles. The fourth-order valence-corrected chi connectivity index (χ4v) is 13.1. The minimum Gasteiger partial charge on any atom is -0.494 e. The van der Waals surface area contributed by atoms with Gasteiger partial charge < -0.3 is 93.5 Å². The second-order valence-corrected chi connectivity index (χ2v) is 34.8. The lowest BCUT2D eigenvalue weighted by Crippen LogP contribution is -2.40. The number of nitrogens with one attached hydrogen (secondary N) is 2. The monoisotopic (exact) mass is 1810 g/mol. The van der Waals surface area contributed by atoms with Crippen LogP contribution in [-0.2, 0) is 34.3 Å². The number of aliphatic hydroxyl groups is 4. The molecule has 127 heavy (non-hydrogen) atoms. The largest absolute Gasteiger partial charge is 0.494 e. The fraction of sp³-hybridized carbons (Fsp3) is 0.515. The van der Waals surface area contributed by atoms with E-state index in [0.717, 1.165) is 163 Å². The van der Waals surface area contributed by atoms with Crippen molar-refractivity contribution in [3.05, 3.63) is 239 Å². The van der Waals surface area contributed by atoms with Gasteiger partial charge in [-0.2, -0.15) is 4.31 Å². The third-order valence-electron chi connectivity index (χ3n) is 19.1. The quantitative estimate of drug-likeness (QED) is 0.0174. The summed E-state index contributed by atoms with van der Waals surface area (Å²) in [6.45, 7) is 42.1. The normalized spacial score (nSPS) is 12.7. The van der Waals surface area contributed by atoms with Crippen LogP contribution in [0, 0.1) is 55.4 Å². The Morgan fingerprint density at radius 1 is 0.386 bits per heavy atom. The number of nitrogens with two attached hydrogens (primary N) is 1. The van der Waals surface area contributed by atoms with Gasteiger partial charge >= 0.3 is 0 Å². The van der Waals surface area contributed by atoms with Gasteiger partial charge in [0.15, 0.2) is 0 Å². The number of hydrogen-bond donors (Lipinski definition) is 7. The highest BCUT2D eigenvalue weighted by Gasteiger charge is 2.26. The highest BCUT2D eigenvalue weighted by molar-refractivity contribution is 7.89. The van der Waals surface area contributed by atoms with E-state index in [1.165, 1.54) is 37.7 Å². The Kier molecular flexibility index (Phi) is 62.9. The van der Waals surface area contributed by atoms with E-state index in [4.69, 9.17) is 58.2 Å². The number of aryl methyl sites for hydroxylation is 8. The van der Waals surface area contributed by atoms with Crippen molar-refractivity contribution in [3.8, 4) is 40.2 Å². The SMILES string of the molecule is CCN(CC)CC(O)COc1ccc(C)cc1.CCN(CC)CCCOc1ccc(C)cc1.CNCC(O)COc1ccc(C)cc1.COCCN(CCCOc1ccc(C)cc1)CCOC.Cc1ccc(OCC(O)CN)cc1.Cc1ccc(OCC(O)CNS(C)(=O)=O)cc1.Cc1ccc(OCCCN(C)C)cc1.Cc1ccc(S(=O)(=O)N2CCOCC2)cc1. The number of methoxy groups -OCH3 is 2. The Morgan fingerprint density at radius 3 is 0.961 bits per heavy atom. The summed E-state index contributed by atoms with van der Waals surface area (Å²) in [6, 6.07) is 62.2. The van der Waals surface area contributed by atoms with Crippen LogP contribution in [0.1, 0.15) is 91.5 Å². The zero-order valence-corrected chi connectivity index (χ0v) is 81.1. The molecular formula is C99H156N8O18S2. The predicted molar refractivity (Wildman–Crippen MR) is 516 cm³/mol. The molecule has 8 aromatic rings. The summed E-state index contributed by atoms with van der Waals surface area (Å²) in [5.41, 5.74) is 14.8. The Balaban J connectivity index is 0.000000493. The van der Waals surface area contributed by atoms with Crippen LogP contribution >= 0.6 is 0 Å². The molecule has 8 aromatic carbocycles. The summed E-state index contributed by atoms with van der Waals surface area (Å²) in [6.07, 6.45) is 1.86. The Labute approximate surface area is 763 Å². The summed E-state index contributed by atoms with van der Waals surface area (Å²) < 4.78 is 103. The van der Waals surface area contributed by atoms with Gasteiger partial charge in [0.2, 0.25) is 20.0 Å². The molecule has 9 rings (SSSR count). The number of morpholine rings is 1. The van der Waals surface area contributed by atoms with Crippen LogP contribution in [-0.4, -0.2) is 298 Å². The molecule has 1 fully saturated rings. The molecule has 4 atom stereocenters. The van der Waals surface area contributed by atoms with Crippen molar-refractivity contribution < 1.29 is 84.6 Å². The first-order chi connectivity index (χ1) is 60.8. The first-order valence-corrected chi connectivity index (χ1v) is 47.4. The molecule has 0 aromatic heterocycles. The van der Waals surface area contributed by atoms with Crippen LogP contribution in [0.3, 0.4) is 0 Å². The highest BCUT2D eigenvalue weighted by atomic mass is 32.2. The van der Waals surface area contributed by atoms with E-state index in [1.807, 2.05) is 168 Å². The maximum Gasteiger partial charge on any atom is 0.243 e. The van der Waals surface area contributed by atoms with Crippen molar-refractivity contribution in [1.29, 1.82) is 0 Å². The number of rotatable bonds is 47. The van der Waals surface area contributed by atoms with Gasteiger partial charge in [-0.15, -0.1) is 0 Å². The maximum atomic E-state index is 12.2. The molecule has 1 aliphatic heterocycles. The molecule has 26 nitrogen and oxygen atoms in total. The first-order valence-electron chi connectivity index (χ1n) is 44.1. The number of sulfonamides is 2. The van der Waals surface area contributed by atoms with Crippen molar-refractivity contribution in [3.63, 3.8) is 0 Å². The van der Waals surface area contributed by atoms with Gasteiger partial charge in [-0.1, -0.05) is 169 Å². The standard InChI is InChI=1S/C16H27NO3.C14H23NO2.C14H23NO.C12H19NO.C11H17NO4S.C11H15NO3S.C11H17NO2.C10H15NO2/c1-15-5-7-16(8-6-15)20-12-4-9-17(10-13-18-2)11-14-19-3;1-4-15(5-2)10-13(16)11-17-14-8-6-12(3)7-9-14;1-4-15(5-2)11-6-12-16-14-9-7-13(3)8-10-14;1-11-5-7-12(8-6-11)14-10-4-9-13(2)3;1-9-3-5-11(6-4-9)16-8-10(13)7-12-17(2,14)15;1-10-2-4-11(5-3-10)16(13,14)12-6-8-15-9-7-12;1-9-3-5-11(6-4-9)14-8-10(13)7-12-2;1-8-2-4-10(5-3-8)13-7-9(12)6-11/h5-8H,4,9-14H2,1-3H3;6-9,13,16H,4-5,10-11H2,1-3H3;7-10H,4-6,11-12H2,1-3H3;5-8H,4,9-10H2,1-3H3;3-6,10,12-13H,7-8H2,1-2H3;2-5H,6-9H2,1H3;3-6,10,12-13H,7-8H2,1-2H3;2-5,9,12H,6-7,11H2,1H3. The summed E-state index contributed by atoms with van der Waals surface area (Å²) in [5, 5.41) is 40.7. The van der Waals surface area contributed by atoms with Crippen molar-refractivity contribution in [1.82, 2.24) is 33.9 Å². The van der Waals surface area contributed by atoms with Crippen molar-refractivity contribution in [2.45, 2.75) is 132 Å². The van der Waals surface area contributed by atoms with Crippen LogP contribution in [0.15, 0.2) is 199 Å². The average molecular weight is 1810 g/mol. The van der Waals surface area contributed by atoms with E-state index in [9.17, 15) is 32.2 Å². The van der Waals surface area contributed by atoms with E-state index < -0.39 is 44.5 Å². The molecule has 4 unspecified atom stereocenters. The van der Waals surface area contributed by atoms with Crippen LogP contribution in [0.4, 0.5) is 0 Å². The number of benzene rings is 8. The lowest BCUT2D eigenvalue weighted by atomic mass is 10.2. The van der Waals surface area contributed by atoms with Gasteiger partial charge in [0.1, 0.15) is 91.1 Å². The Hall–Kier alpha value is -8.34. The van der Waals surface area contributed by atoms with Crippen molar-refractivity contribution in [2.75, 3.05) is 212 Å². The van der Waals surface area contributed by atoms with E-state index in [2.05, 4.69) is 129 Å². The zero-order valence-electron chi connectivity index (χ0n) is 79.4. The Bertz CT molecular complexity index is 4190. The highest BCUT2D eigenvalue weighted by Crippen LogP contribution is 2.20. The molecular weight excluding hydrogens is 1650 g/mol. The lowest BCUT2D eigenvalue weighted by molar-refractivity contribution is 0.0716. The van der Waals surface area contributed by atoms with E-state index >= 15 is 0 Å². The van der Waals surface area contributed by atoms with E-state index in [0.29, 0.717) is 63.3 Å². The molecule has 8 N–H and O–H groups in total. The number of hydrogen-bond acceptors (Lipinski definition) is 24. The minimum absolute atomic E-state index is 0.0472. The maximum absolute atomic E-state index is 12.2. The summed E-state index contributed by atoms with van der Waals surface area (Å²) >= 11 is 0. The molecule has 712 valence electrons. The molecule has 0 amide bonds. The molecule has 0 spiro atoms. The van der Waals surface area contributed by atoms with E-state index in [1.54, 1.807) is 45.5 Å². The third-order valence-corrected chi connectivity index (χ3v) is 21.7. The molecule has 0 bridgehead atoms. The first kappa shape index (κ1) is 115. The van der Waals surface area contributed by atoms with Gasteiger partial charge in [0.25, 0.3) is 0 Å². The molecule has 28 heteroatoms. The van der Waals surface area contributed by atoms with Crippen molar-refractivity contribution in [2.24, 2.45) is 5.73 Å². The van der Waals surface area contributed by atoms with Crippen LogP contribution < -0.4 is 48.9 Å². The average Bonchev–Trinajstić information content (AvgIpc) is 0.808. The summed E-state index contributed by atoms with van der Waals surface area (Å²) in [7, 11) is 2.81. The van der Waals surface area contributed by atoms with Gasteiger partial charge in [-0.05, 0) is 219 Å². The number of likely N-dealkylation sites (N-methyl/N-ethyl adjacent to an activating group) is 2. The molecule has 0 aliphatic carbocycles. The molecule has 0 radical (unpaired) electrons. The summed E-state index contributed by atoms with van der Waals surface area (Å²) in [5.74, 6) is 5.91. The van der Waals surface area contributed by atoms with Crippen LogP contribution in [0.5, 0.6) is 40.2 Å². The predicted octanol–water partition coefficient (Wildman–Crippen LogP) is 12.8. The number of aliphatic hydroxyl groups excluding tert-OH is 4. The topological polar surface area (TPSA) is 308 Å². The minimum atomic E-state index is -3.33. The second kappa shape index (κ2) is 69.6. The van der Waals surface area contributed by atoms with Crippen LogP contribution in [0.2, 0.25) is 0 Å². The molecule has 0 saturated carbocycles. The van der Waals surface area contributed by atoms with Gasteiger partial charge in [-0.25, -0.2) is 21.6 Å². The lowest BCUT2D eigenvalue weighted by Gasteiger charge is -2.26. The van der Waals surface area contributed by atoms with E-state index in [-0.39, 0.29) is 26.3 Å². The molecule has 1 heterocycles. The smallest absolute Gasteiger partial charge is 0.243 e. The fourth-order valence-electron chi connectivity index (χ4n) is 11.2. The third kappa shape index (κ3) is 58.8. The number of nitrogens with zero attached hydrogens (tertiary/aromatic N) is 5. The van der Waals surface area contributed by atoms with Crippen LogP contribution in [0.25, 0.3) is 0 Å². The Morgan fingerprint density at radius 2 is 0.669 bits per heavy atom. The summed E-state index contributed by atoms with van der Waals surface area (Å²) in [4.78, 5) is 9.46. The number of ether oxygens (including phenoxy) is 10. The van der Waals surface area contributed by atoms with Gasteiger partial charge in [0, 0.05) is 86.2 Å². The molecule has 1 aliphatic rings. The second-order valence-electron chi connectivity index (χ2n) is 31.0. The van der Waals surface area contributed by atoms with Crippen molar-refractivity contribution >= 4 is 20.0 Å².